The molecule has 0 unspecified atom stereocenters. The van der Waals surface area contributed by atoms with E-state index in [2.05, 4.69) is 5.32 Å². The van der Waals surface area contributed by atoms with Gasteiger partial charge in [-0.05, 0) is 0 Å². The zero-order chi connectivity index (χ0) is 23.5. The van der Waals surface area contributed by atoms with E-state index in [-0.39, 0.29) is 0 Å². The largest absolute Gasteiger partial charge is 0.477 e. The smallest absolute Gasteiger partial charge is 0.364 e. The van der Waals surface area contributed by atoms with E-state index in [9.17, 15) is 45.3 Å². The number of amides is 1. The molecule has 0 aromatic rings. The average molecular weight is 455 g/mol. The lowest BCUT2D eigenvalue weighted by molar-refractivity contribution is -0.347. The lowest BCUT2D eigenvalue weighted by Gasteiger charge is -2.49. The number of aliphatic carboxylic acids is 1. The van der Waals surface area contributed by atoms with Gasteiger partial charge in [0.05, 0.1) is 32.0 Å². The predicted octanol–water partition coefficient (Wildman–Crippen LogP) is -5.37. The lowest BCUT2D eigenvalue weighted by Crippen LogP contribution is -2.69. The number of aliphatic hydroxyl groups excluding tert-OH is 7. The molecule has 31 heavy (non-hydrogen) atoms. The van der Waals surface area contributed by atoms with E-state index in [1.165, 1.54) is 0 Å². The van der Waals surface area contributed by atoms with Crippen molar-refractivity contribution in [2.75, 3.05) is 19.8 Å². The number of carbonyl (C=O) groups is 2. The van der Waals surface area contributed by atoms with Gasteiger partial charge in [0.2, 0.25) is 5.91 Å². The first-order chi connectivity index (χ1) is 14.5. The first kappa shape index (κ1) is 25.8. The molecule has 0 saturated carbocycles. The maximum absolute atomic E-state index is 12.1. The Bertz CT molecular complexity index is 635. The number of nitrogens with one attached hydrogen (secondary N) is 1. The number of rotatable bonds is 8. The third-order valence-corrected chi connectivity index (χ3v) is 5.27. The van der Waals surface area contributed by atoms with Crippen LogP contribution in [0.15, 0.2) is 0 Å². The molecular weight excluding hydrogens is 426 g/mol. The second kappa shape index (κ2) is 10.4. The van der Waals surface area contributed by atoms with Crippen LogP contribution in [0.5, 0.6) is 0 Å². The topological polar surface area (TPSA) is 236 Å². The molecule has 0 aromatic carbocycles. The van der Waals surface area contributed by atoms with Crippen molar-refractivity contribution in [3.63, 3.8) is 0 Å². The SMILES string of the molecule is CC(=O)N[C@H]1[C@H]([C@H](O)[C@H](O)CO)O[C@@](O[C@H]2[C@@H](O)[C@@H](CO)OC[C@@H]2O)(C(=O)O)C[C@@H]1O. The molecule has 2 aliphatic rings. The Morgan fingerprint density at radius 1 is 1.19 bits per heavy atom. The van der Waals surface area contributed by atoms with Gasteiger partial charge < -0.3 is 60.4 Å². The van der Waals surface area contributed by atoms with E-state index in [0.717, 1.165) is 6.92 Å². The summed E-state index contributed by atoms with van der Waals surface area (Å²) >= 11 is 0. The summed E-state index contributed by atoms with van der Waals surface area (Å²) in [5.74, 6) is -5.19. The van der Waals surface area contributed by atoms with Gasteiger partial charge in [-0.1, -0.05) is 0 Å². The van der Waals surface area contributed by atoms with Gasteiger partial charge in [-0.15, -0.1) is 0 Å². The molecule has 14 heteroatoms. The Labute approximate surface area is 176 Å². The van der Waals surface area contributed by atoms with Gasteiger partial charge in [0.25, 0.3) is 5.79 Å². The summed E-state index contributed by atoms with van der Waals surface area (Å²) in [7, 11) is 0. The van der Waals surface area contributed by atoms with Crippen molar-refractivity contribution in [1.29, 1.82) is 0 Å². The van der Waals surface area contributed by atoms with E-state index in [4.69, 9.17) is 19.3 Å². The second-order valence-corrected chi connectivity index (χ2v) is 7.57. The van der Waals surface area contributed by atoms with E-state index in [1.807, 2.05) is 0 Å². The molecule has 2 rings (SSSR count). The number of carboxylic acid groups (broad SMARTS) is 1. The van der Waals surface area contributed by atoms with Crippen molar-refractivity contribution in [1.82, 2.24) is 5.32 Å². The molecular formula is C17H29NO13. The van der Waals surface area contributed by atoms with Crippen molar-refractivity contribution in [2.45, 2.75) is 74.0 Å². The number of ether oxygens (including phenoxy) is 3. The Morgan fingerprint density at radius 2 is 1.84 bits per heavy atom. The minimum absolute atomic E-state index is 0.408. The highest BCUT2D eigenvalue weighted by Gasteiger charge is 2.58. The normalized spacial score (nSPS) is 40.7. The predicted molar refractivity (Wildman–Crippen MR) is 96.3 cm³/mol. The van der Waals surface area contributed by atoms with Crippen LogP contribution < -0.4 is 5.32 Å². The summed E-state index contributed by atoms with van der Waals surface area (Å²) in [5, 5.41) is 81.7. The van der Waals surface area contributed by atoms with Crippen LogP contribution in [0.25, 0.3) is 0 Å². The second-order valence-electron chi connectivity index (χ2n) is 7.57. The Balaban J connectivity index is 2.39. The van der Waals surface area contributed by atoms with Gasteiger partial charge >= 0.3 is 5.97 Å². The fourth-order valence-electron chi connectivity index (χ4n) is 3.63. The average Bonchev–Trinajstić information content (AvgIpc) is 2.71. The molecule has 0 aliphatic carbocycles. The summed E-state index contributed by atoms with van der Waals surface area (Å²) in [6.07, 6.45) is -14.1. The molecule has 2 fully saturated rings. The molecule has 0 radical (unpaired) electrons. The zero-order valence-electron chi connectivity index (χ0n) is 16.6. The number of carboxylic acids is 1. The van der Waals surface area contributed by atoms with Crippen molar-refractivity contribution >= 4 is 11.9 Å². The first-order valence-electron chi connectivity index (χ1n) is 9.57. The van der Waals surface area contributed by atoms with Crippen molar-refractivity contribution in [3.05, 3.63) is 0 Å². The number of aliphatic hydroxyl groups is 7. The molecule has 2 saturated heterocycles. The van der Waals surface area contributed by atoms with Crippen molar-refractivity contribution in [2.24, 2.45) is 0 Å². The van der Waals surface area contributed by atoms with Crippen LogP contribution >= 0.6 is 0 Å². The Hall–Kier alpha value is -1.46. The molecule has 14 nitrogen and oxygen atoms in total. The summed E-state index contributed by atoms with van der Waals surface area (Å²) in [6.45, 7) is -0.917. The first-order valence-corrected chi connectivity index (χ1v) is 9.57. The van der Waals surface area contributed by atoms with Crippen LogP contribution in [-0.4, -0.2) is 133 Å². The van der Waals surface area contributed by atoms with Crippen LogP contribution in [0.1, 0.15) is 13.3 Å². The third-order valence-electron chi connectivity index (χ3n) is 5.27. The van der Waals surface area contributed by atoms with E-state index < -0.39 is 98.8 Å². The minimum atomic E-state index is -2.74. The lowest BCUT2D eigenvalue weighted by atomic mass is 9.88. The number of carbonyl (C=O) groups excluding carboxylic acids is 1. The molecule has 2 aliphatic heterocycles. The summed E-state index contributed by atoms with van der Waals surface area (Å²) in [6, 6.07) is -1.39. The highest BCUT2D eigenvalue weighted by Crippen LogP contribution is 2.36. The number of hydrogen-bond acceptors (Lipinski definition) is 12. The minimum Gasteiger partial charge on any atom is -0.477 e. The molecule has 0 spiro atoms. The Kier molecular flexibility index (Phi) is 8.69. The molecule has 9 N–H and O–H groups in total. The third kappa shape index (κ3) is 5.48. The summed E-state index contributed by atoms with van der Waals surface area (Å²) in [4.78, 5) is 23.6. The van der Waals surface area contributed by atoms with Crippen molar-refractivity contribution in [3.8, 4) is 0 Å². The zero-order valence-corrected chi connectivity index (χ0v) is 16.6. The van der Waals surface area contributed by atoms with Crippen LogP contribution in [0.3, 0.4) is 0 Å². The van der Waals surface area contributed by atoms with Gasteiger partial charge in [0, 0.05) is 13.3 Å². The van der Waals surface area contributed by atoms with Crippen LogP contribution in [-0.2, 0) is 23.8 Å². The molecule has 2 heterocycles. The maximum Gasteiger partial charge on any atom is 0.364 e. The van der Waals surface area contributed by atoms with Crippen LogP contribution in [0.2, 0.25) is 0 Å². The van der Waals surface area contributed by atoms with Gasteiger partial charge in [0.1, 0.15) is 42.7 Å². The highest BCUT2D eigenvalue weighted by molar-refractivity contribution is 5.76. The maximum atomic E-state index is 12.1. The van der Waals surface area contributed by atoms with E-state index in [1.54, 1.807) is 0 Å². The summed E-state index contributed by atoms with van der Waals surface area (Å²) in [5.41, 5.74) is 0. The fourth-order valence-corrected chi connectivity index (χ4v) is 3.63. The fraction of sp³-hybridized carbons (Fsp3) is 0.882. The summed E-state index contributed by atoms with van der Waals surface area (Å²) < 4.78 is 15.9. The van der Waals surface area contributed by atoms with Crippen molar-refractivity contribution < 1.29 is 64.7 Å². The molecule has 1 amide bonds. The monoisotopic (exact) mass is 455 g/mol. The van der Waals surface area contributed by atoms with E-state index >= 15 is 0 Å². The van der Waals surface area contributed by atoms with E-state index in [0.29, 0.717) is 0 Å². The van der Waals surface area contributed by atoms with Gasteiger partial charge in [-0.3, -0.25) is 4.79 Å². The van der Waals surface area contributed by atoms with Gasteiger partial charge in [-0.25, -0.2) is 4.79 Å². The molecule has 0 aromatic heterocycles. The molecule has 10 atom stereocenters. The highest BCUT2D eigenvalue weighted by atomic mass is 16.7. The standard InChI is InChI=1S/C17H29NO13/c1-6(21)18-11-7(22)2-17(16(27)28,31-15(11)12(25)8(23)3-19)30-14-9(24)5-29-10(4-20)13(14)26/h7-15,19-20,22-26H,2-5H2,1H3,(H,18,21)(H,27,28)/t7-,8+,9-,10+,11+,12+,13-,14+,15+,17+/m0/s1. The van der Waals surface area contributed by atoms with Gasteiger partial charge in [-0.2, -0.15) is 0 Å². The molecule has 0 bridgehead atoms. The molecule has 180 valence electrons. The van der Waals surface area contributed by atoms with Crippen LogP contribution in [0.4, 0.5) is 0 Å². The van der Waals surface area contributed by atoms with Gasteiger partial charge in [0.15, 0.2) is 0 Å². The quantitative estimate of drug-likeness (QED) is 0.166. The number of hydrogen-bond donors (Lipinski definition) is 9. The van der Waals surface area contributed by atoms with Crippen LogP contribution in [0, 0.1) is 0 Å². The Morgan fingerprint density at radius 3 is 2.35 bits per heavy atom.